The summed E-state index contributed by atoms with van der Waals surface area (Å²) >= 11 is 0. The fourth-order valence-electron chi connectivity index (χ4n) is 5.38. The number of ether oxygens (including phenoxy) is 3. The first-order valence-corrected chi connectivity index (χ1v) is 12.8. The van der Waals surface area contributed by atoms with Gasteiger partial charge in [-0.3, -0.25) is 9.59 Å². The highest BCUT2D eigenvalue weighted by Crippen LogP contribution is 2.41. The molecule has 5 rings (SSSR count). The molecule has 1 N–H and O–H groups in total. The van der Waals surface area contributed by atoms with Crippen molar-refractivity contribution < 1.29 is 28.2 Å². The van der Waals surface area contributed by atoms with E-state index in [1.54, 1.807) is 25.3 Å². The molecule has 2 heterocycles. The van der Waals surface area contributed by atoms with E-state index in [4.69, 9.17) is 14.2 Å². The number of benzene rings is 3. The normalized spacial score (nSPS) is 16.2. The number of fused-ring (bicyclic) bond motifs is 1. The second-order valence-electron chi connectivity index (χ2n) is 9.51. The SMILES string of the molecule is COc1ccc([C@H](c2ccccc2)C2CCN(C(=O)c3ccc4c(c3)NC(=O)CO4)CC2)cc1OCCF. The maximum Gasteiger partial charge on any atom is 0.262 e. The van der Waals surface area contributed by atoms with Crippen LogP contribution in [-0.2, 0) is 4.79 Å². The Kier molecular flexibility index (Phi) is 7.77. The van der Waals surface area contributed by atoms with Gasteiger partial charge in [0.2, 0.25) is 0 Å². The Labute approximate surface area is 221 Å². The van der Waals surface area contributed by atoms with Crippen molar-refractivity contribution in [3.8, 4) is 17.2 Å². The quantitative estimate of drug-likeness (QED) is 0.451. The van der Waals surface area contributed by atoms with E-state index in [1.807, 2.05) is 41.3 Å². The molecule has 1 atom stereocenters. The van der Waals surface area contributed by atoms with Gasteiger partial charge in [-0.2, -0.15) is 0 Å². The molecule has 0 aliphatic carbocycles. The fourth-order valence-corrected chi connectivity index (χ4v) is 5.38. The predicted molar refractivity (Wildman–Crippen MR) is 142 cm³/mol. The van der Waals surface area contributed by atoms with E-state index in [-0.39, 0.29) is 30.9 Å². The third-order valence-electron chi connectivity index (χ3n) is 7.20. The first-order chi connectivity index (χ1) is 18.6. The molecular formula is C30H31FN2O5. The number of hydrogen-bond donors (Lipinski definition) is 1. The van der Waals surface area contributed by atoms with Crippen LogP contribution >= 0.6 is 0 Å². The summed E-state index contributed by atoms with van der Waals surface area (Å²) in [4.78, 5) is 26.9. The minimum atomic E-state index is -0.578. The Morgan fingerprint density at radius 2 is 1.84 bits per heavy atom. The Morgan fingerprint density at radius 3 is 2.58 bits per heavy atom. The van der Waals surface area contributed by atoms with Crippen LogP contribution in [0.4, 0.5) is 10.1 Å². The number of carbonyl (C=O) groups excluding carboxylic acids is 2. The highest BCUT2D eigenvalue weighted by Gasteiger charge is 2.32. The summed E-state index contributed by atoms with van der Waals surface area (Å²) in [7, 11) is 1.57. The van der Waals surface area contributed by atoms with Gasteiger partial charge in [0, 0.05) is 24.6 Å². The number of anilines is 1. The summed E-state index contributed by atoms with van der Waals surface area (Å²) in [5.41, 5.74) is 3.30. The molecular weight excluding hydrogens is 487 g/mol. The molecule has 2 aliphatic rings. The number of likely N-dealkylation sites (tertiary alicyclic amines) is 1. The zero-order valence-corrected chi connectivity index (χ0v) is 21.3. The van der Waals surface area contributed by atoms with Gasteiger partial charge in [0.15, 0.2) is 18.1 Å². The number of halogens is 1. The highest BCUT2D eigenvalue weighted by molar-refractivity contribution is 5.99. The topological polar surface area (TPSA) is 77.1 Å². The number of methoxy groups -OCH3 is 1. The van der Waals surface area contributed by atoms with Gasteiger partial charge >= 0.3 is 0 Å². The van der Waals surface area contributed by atoms with Crippen LogP contribution in [0.25, 0.3) is 0 Å². The van der Waals surface area contributed by atoms with Crippen molar-refractivity contribution in [2.45, 2.75) is 18.8 Å². The molecule has 1 saturated heterocycles. The Bertz CT molecular complexity index is 1290. The number of nitrogens with one attached hydrogen (secondary N) is 1. The van der Waals surface area contributed by atoms with E-state index < -0.39 is 6.67 Å². The molecule has 38 heavy (non-hydrogen) atoms. The van der Waals surface area contributed by atoms with Crippen LogP contribution in [0.1, 0.15) is 40.2 Å². The lowest BCUT2D eigenvalue weighted by molar-refractivity contribution is -0.118. The molecule has 3 aromatic carbocycles. The van der Waals surface area contributed by atoms with Crippen molar-refractivity contribution in [2.75, 3.05) is 45.4 Å². The number of alkyl halides is 1. The van der Waals surface area contributed by atoms with Gasteiger partial charge in [0.1, 0.15) is 19.0 Å². The van der Waals surface area contributed by atoms with Crippen LogP contribution in [0.2, 0.25) is 0 Å². The van der Waals surface area contributed by atoms with E-state index in [0.717, 1.165) is 18.4 Å². The molecule has 0 saturated carbocycles. The minimum absolute atomic E-state index is 0.0198. The Balaban J connectivity index is 1.35. The molecule has 0 bridgehead atoms. The van der Waals surface area contributed by atoms with E-state index >= 15 is 0 Å². The number of piperidine rings is 1. The standard InChI is InChI=1S/C30H31FN2O5/c1-36-26-10-7-22(18-27(26)37-16-13-31)29(20-5-3-2-4-6-20)21-11-14-33(15-12-21)30(35)23-8-9-25-24(17-23)32-28(34)19-38-25/h2-10,17-18,21,29H,11-16,19H2,1H3,(H,32,34)/t29-/m1/s1. The first-order valence-electron chi connectivity index (χ1n) is 12.8. The van der Waals surface area contributed by atoms with Crippen molar-refractivity contribution >= 4 is 17.5 Å². The van der Waals surface area contributed by atoms with Crippen molar-refractivity contribution in [3.63, 3.8) is 0 Å². The van der Waals surface area contributed by atoms with Crippen molar-refractivity contribution in [3.05, 3.63) is 83.4 Å². The predicted octanol–water partition coefficient (Wildman–Crippen LogP) is 5.06. The smallest absolute Gasteiger partial charge is 0.262 e. The molecule has 2 amide bonds. The summed E-state index contributed by atoms with van der Waals surface area (Å²) in [5.74, 6) is 1.75. The van der Waals surface area contributed by atoms with Crippen LogP contribution in [-0.4, -0.2) is 56.8 Å². The third-order valence-corrected chi connectivity index (χ3v) is 7.20. The third kappa shape index (κ3) is 5.44. The van der Waals surface area contributed by atoms with E-state index in [9.17, 15) is 14.0 Å². The molecule has 1 fully saturated rings. The zero-order chi connectivity index (χ0) is 26.5. The number of amides is 2. The van der Waals surface area contributed by atoms with Crippen LogP contribution in [0.3, 0.4) is 0 Å². The van der Waals surface area contributed by atoms with Gasteiger partial charge in [-0.15, -0.1) is 0 Å². The van der Waals surface area contributed by atoms with Crippen molar-refractivity contribution in [1.29, 1.82) is 0 Å². The van der Waals surface area contributed by atoms with E-state index in [1.165, 1.54) is 5.56 Å². The lowest BCUT2D eigenvalue weighted by Gasteiger charge is -2.37. The molecule has 198 valence electrons. The van der Waals surface area contributed by atoms with Gasteiger partial charge in [-0.05, 0) is 60.2 Å². The van der Waals surface area contributed by atoms with Gasteiger partial charge in [-0.25, -0.2) is 4.39 Å². The average Bonchev–Trinajstić information content (AvgIpc) is 2.96. The summed E-state index contributed by atoms with van der Waals surface area (Å²) < 4.78 is 29.3. The lowest BCUT2D eigenvalue weighted by atomic mass is 9.76. The number of nitrogens with zero attached hydrogens (tertiary/aromatic N) is 1. The largest absolute Gasteiger partial charge is 0.493 e. The van der Waals surface area contributed by atoms with Crippen LogP contribution in [0, 0.1) is 5.92 Å². The number of hydrogen-bond acceptors (Lipinski definition) is 5. The Hall–Kier alpha value is -4.07. The average molecular weight is 519 g/mol. The molecule has 3 aromatic rings. The molecule has 2 aliphatic heterocycles. The second-order valence-corrected chi connectivity index (χ2v) is 9.51. The lowest BCUT2D eigenvalue weighted by Crippen LogP contribution is -2.40. The van der Waals surface area contributed by atoms with E-state index in [0.29, 0.717) is 47.5 Å². The van der Waals surface area contributed by atoms with Crippen molar-refractivity contribution in [1.82, 2.24) is 4.90 Å². The maximum atomic E-state index is 13.3. The summed E-state index contributed by atoms with van der Waals surface area (Å²) in [6.45, 7) is 0.608. The summed E-state index contributed by atoms with van der Waals surface area (Å²) in [6, 6.07) is 21.3. The minimum Gasteiger partial charge on any atom is -0.493 e. The first kappa shape index (κ1) is 25.6. The molecule has 8 heteroatoms. The Morgan fingerprint density at radius 1 is 1.05 bits per heavy atom. The fraction of sp³-hybridized carbons (Fsp3) is 0.333. The monoisotopic (exact) mass is 518 g/mol. The summed E-state index contributed by atoms with van der Waals surface area (Å²) in [5, 5.41) is 2.77. The molecule has 7 nitrogen and oxygen atoms in total. The molecule has 0 spiro atoms. The zero-order valence-electron chi connectivity index (χ0n) is 21.3. The van der Waals surface area contributed by atoms with Crippen LogP contribution in [0.15, 0.2) is 66.7 Å². The van der Waals surface area contributed by atoms with Crippen LogP contribution < -0.4 is 19.5 Å². The van der Waals surface area contributed by atoms with Gasteiger partial charge in [0.05, 0.1) is 12.8 Å². The molecule has 0 aromatic heterocycles. The van der Waals surface area contributed by atoms with Gasteiger partial charge in [-0.1, -0.05) is 36.4 Å². The maximum absolute atomic E-state index is 13.3. The van der Waals surface area contributed by atoms with Crippen LogP contribution in [0.5, 0.6) is 17.2 Å². The second kappa shape index (κ2) is 11.5. The molecule has 0 radical (unpaired) electrons. The van der Waals surface area contributed by atoms with Gasteiger partial charge < -0.3 is 24.4 Å². The number of rotatable bonds is 8. The van der Waals surface area contributed by atoms with Crippen molar-refractivity contribution in [2.24, 2.45) is 5.92 Å². The van der Waals surface area contributed by atoms with Gasteiger partial charge in [0.25, 0.3) is 11.8 Å². The summed E-state index contributed by atoms with van der Waals surface area (Å²) in [6.07, 6.45) is 1.64. The molecule has 0 unspecified atom stereocenters. The van der Waals surface area contributed by atoms with E-state index in [2.05, 4.69) is 17.4 Å². The number of carbonyl (C=O) groups is 2. The highest BCUT2D eigenvalue weighted by atomic mass is 19.1.